The zero-order valence-electron chi connectivity index (χ0n) is 18.4. The number of H-pyrrole nitrogens is 1. The van der Waals surface area contributed by atoms with Gasteiger partial charge in [0, 0.05) is 35.5 Å². The van der Waals surface area contributed by atoms with Gasteiger partial charge in [-0.15, -0.1) is 0 Å². The number of imidazole rings is 1. The lowest BCUT2D eigenvalue weighted by molar-refractivity contribution is -0.138. The van der Waals surface area contributed by atoms with E-state index in [0.29, 0.717) is 18.3 Å². The van der Waals surface area contributed by atoms with E-state index in [2.05, 4.69) is 34.2 Å². The third-order valence-corrected chi connectivity index (χ3v) is 6.67. The first-order valence-electron chi connectivity index (χ1n) is 11.5. The van der Waals surface area contributed by atoms with E-state index >= 15 is 0 Å². The number of pyridine rings is 1. The van der Waals surface area contributed by atoms with Crippen LogP contribution in [0.15, 0.2) is 79.1 Å². The first-order valence-corrected chi connectivity index (χ1v) is 11.5. The SMILES string of the molecule is O=C(O)C[C@H]1CC[C@H](c2ccc(-c3ccc(-c4nc(-c5ccccc5)c[nH]4)cn3)cc2)CC1. The molecule has 2 N–H and O–H groups in total. The summed E-state index contributed by atoms with van der Waals surface area (Å²) in [4.78, 5) is 23.6. The second-order valence-electron chi connectivity index (χ2n) is 8.87. The van der Waals surface area contributed by atoms with E-state index in [1.807, 2.05) is 54.9 Å². The largest absolute Gasteiger partial charge is 0.481 e. The van der Waals surface area contributed by atoms with Gasteiger partial charge in [-0.1, -0.05) is 54.6 Å². The Kier molecular flexibility index (Phi) is 6.03. The van der Waals surface area contributed by atoms with Gasteiger partial charge in [0.2, 0.25) is 0 Å². The molecule has 0 aliphatic heterocycles. The number of nitrogens with zero attached hydrogens (tertiary/aromatic N) is 2. The van der Waals surface area contributed by atoms with Crippen LogP contribution in [-0.2, 0) is 4.79 Å². The molecular weight excluding hydrogens is 410 g/mol. The molecule has 1 aliphatic carbocycles. The van der Waals surface area contributed by atoms with Crippen molar-refractivity contribution in [1.29, 1.82) is 0 Å². The summed E-state index contributed by atoms with van der Waals surface area (Å²) < 4.78 is 0. The topological polar surface area (TPSA) is 78.9 Å². The Hall–Kier alpha value is -3.73. The molecule has 4 aromatic rings. The molecule has 0 unspecified atom stereocenters. The number of hydrogen-bond acceptors (Lipinski definition) is 3. The number of aromatic amines is 1. The molecule has 0 amide bonds. The van der Waals surface area contributed by atoms with Crippen LogP contribution in [0, 0.1) is 5.92 Å². The fraction of sp³-hybridized carbons (Fsp3) is 0.250. The first-order chi connectivity index (χ1) is 16.2. The van der Waals surface area contributed by atoms with Crippen molar-refractivity contribution < 1.29 is 9.90 Å². The maximum absolute atomic E-state index is 10.9. The highest BCUT2D eigenvalue weighted by atomic mass is 16.4. The Bertz CT molecular complexity index is 1210. The second kappa shape index (κ2) is 9.41. The van der Waals surface area contributed by atoms with Crippen LogP contribution >= 0.6 is 0 Å². The smallest absolute Gasteiger partial charge is 0.303 e. The summed E-state index contributed by atoms with van der Waals surface area (Å²) in [6.07, 6.45) is 8.23. The van der Waals surface area contributed by atoms with Crippen molar-refractivity contribution >= 4 is 5.97 Å². The van der Waals surface area contributed by atoms with E-state index < -0.39 is 5.97 Å². The molecule has 1 aliphatic rings. The van der Waals surface area contributed by atoms with Crippen LogP contribution < -0.4 is 0 Å². The Balaban J connectivity index is 1.25. The fourth-order valence-electron chi connectivity index (χ4n) is 4.80. The van der Waals surface area contributed by atoms with Gasteiger partial charge < -0.3 is 10.1 Å². The number of carbonyl (C=O) groups is 1. The third kappa shape index (κ3) is 4.87. The lowest BCUT2D eigenvalue weighted by Gasteiger charge is -2.28. The molecule has 0 saturated heterocycles. The lowest BCUT2D eigenvalue weighted by atomic mass is 9.77. The molecule has 1 saturated carbocycles. The van der Waals surface area contributed by atoms with Gasteiger partial charge in [-0.3, -0.25) is 9.78 Å². The quantitative estimate of drug-likeness (QED) is 0.358. The van der Waals surface area contributed by atoms with Gasteiger partial charge in [-0.25, -0.2) is 4.98 Å². The van der Waals surface area contributed by atoms with Crippen molar-refractivity contribution in [3.8, 4) is 33.9 Å². The molecule has 1 fully saturated rings. The molecular formula is C28H27N3O2. The van der Waals surface area contributed by atoms with Gasteiger partial charge in [0.15, 0.2) is 0 Å². The molecule has 166 valence electrons. The van der Waals surface area contributed by atoms with Crippen LogP contribution in [0.4, 0.5) is 0 Å². The summed E-state index contributed by atoms with van der Waals surface area (Å²) in [5, 5.41) is 9.01. The molecule has 2 aromatic carbocycles. The average Bonchev–Trinajstić information content (AvgIpc) is 3.36. The lowest BCUT2D eigenvalue weighted by Crippen LogP contribution is -2.16. The van der Waals surface area contributed by atoms with Gasteiger partial charge in [0.05, 0.1) is 11.4 Å². The number of benzene rings is 2. The van der Waals surface area contributed by atoms with Crippen molar-refractivity contribution in [2.45, 2.75) is 38.0 Å². The number of aliphatic carboxylic acids is 1. The van der Waals surface area contributed by atoms with Crippen LogP contribution in [0.5, 0.6) is 0 Å². The molecule has 5 heteroatoms. The molecule has 5 nitrogen and oxygen atoms in total. The van der Waals surface area contributed by atoms with Gasteiger partial charge in [-0.2, -0.15) is 0 Å². The van der Waals surface area contributed by atoms with Gasteiger partial charge in [-0.05, 0) is 55.2 Å². The summed E-state index contributed by atoms with van der Waals surface area (Å²) in [5.41, 5.74) is 6.32. The molecule has 0 atom stereocenters. The average molecular weight is 438 g/mol. The minimum atomic E-state index is -0.676. The van der Waals surface area contributed by atoms with E-state index in [0.717, 1.165) is 59.6 Å². The predicted octanol–water partition coefficient (Wildman–Crippen LogP) is 6.55. The molecule has 5 rings (SSSR count). The van der Waals surface area contributed by atoms with E-state index in [1.54, 1.807) is 0 Å². The molecule has 2 heterocycles. The Labute approximate surface area is 193 Å². The molecule has 0 spiro atoms. The standard InChI is InChI=1S/C28H27N3O2/c32-27(33)16-19-6-8-20(9-7-19)21-10-12-23(13-11-21)25-15-14-24(17-29-25)28-30-18-26(31-28)22-4-2-1-3-5-22/h1-5,10-15,17-20H,6-9,16H2,(H,30,31)(H,32,33)/t19-,20-. The molecule has 0 radical (unpaired) electrons. The zero-order valence-corrected chi connectivity index (χ0v) is 18.4. The Morgan fingerprint density at radius 3 is 2.21 bits per heavy atom. The number of rotatable bonds is 6. The summed E-state index contributed by atoms with van der Waals surface area (Å²) in [6, 6.07) is 22.9. The van der Waals surface area contributed by atoms with Crippen molar-refractivity contribution in [2.24, 2.45) is 5.92 Å². The molecule has 0 bridgehead atoms. The van der Waals surface area contributed by atoms with E-state index in [1.165, 1.54) is 5.56 Å². The van der Waals surface area contributed by atoms with Crippen LogP contribution in [0.1, 0.15) is 43.6 Å². The maximum Gasteiger partial charge on any atom is 0.303 e. The Morgan fingerprint density at radius 2 is 1.55 bits per heavy atom. The van der Waals surface area contributed by atoms with Gasteiger partial charge in [0.25, 0.3) is 0 Å². The molecule has 2 aromatic heterocycles. The van der Waals surface area contributed by atoms with Crippen LogP contribution in [0.3, 0.4) is 0 Å². The summed E-state index contributed by atoms with van der Waals surface area (Å²) >= 11 is 0. The normalized spacial score (nSPS) is 18.2. The van der Waals surface area contributed by atoms with Crippen LogP contribution in [0.2, 0.25) is 0 Å². The summed E-state index contributed by atoms with van der Waals surface area (Å²) in [5.74, 6) is 0.989. The summed E-state index contributed by atoms with van der Waals surface area (Å²) in [7, 11) is 0. The van der Waals surface area contributed by atoms with E-state index in [9.17, 15) is 4.79 Å². The third-order valence-electron chi connectivity index (χ3n) is 6.67. The zero-order chi connectivity index (χ0) is 22.6. The predicted molar refractivity (Wildman–Crippen MR) is 130 cm³/mol. The number of nitrogens with one attached hydrogen (secondary N) is 1. The van der Waals surface area contributed by atoms with E-state index in [4.69, 9.17) is 10.1 Å². The van der Waals surface area contributed by atoms with Crippen LogP contribution in [-0.4, -0.2) is 26.0 Å². The van der Waals surface area contributed by atoms with Gasteiger partial charge in [0.1, 0.15) is 5.82 Å². The van der Waals surface area contributed by atoms with Gasteiger partial charge >= 0.3 is 5.97 Å². The number of hydrogen-bond donors (Lipinski definition) is 2. The minimum absolute atomic E-state index is 0.304. The van der Waals surface area contributed by atoms with Crippen molar-refractivity contribution in [3.05, 3.63) is 84.7 Å². The fourth-order valence-corrected chi connectivity index (χ4v) is 4.80. The second-order valence-corrected chi connectivity index (χ2v) is 8.87. The number of aromatic nitrogens is 3. The van der Waals surface area contributed by atoms with Crippen molar-refractivity contribution in [2.75, 3.05) is 0 Å². The van der Waals surface area contributed by atoms with Crippen LogP contribution in [0.25, 0.3) is 33.9 Å². The first kappa shape index (κ1) is 21.1. The maximum atomic E-state index is 10.9. The van der Waals surface area contributed by atoms with E-state index in [-0.39, 0.29) is 0 Å². The molecule has 33 heavy (non-hydrogen) atoms. The summed E-state index contributed by atoms with van der Waals surface area (Å²) in [6.45, 7) is 0. The highest BCUT2D eigenvalue weighted by Crippen LogP contribution is 2.37. The van der Waals surface area contributed by atoms with Crippen molar-refractivity contribution in [3.63, 3.8) is 0 Å². The monoisotopic (exact) mass is 437 g/mol. The Morgan fingerprint density at radius 1 is 0.848 bits per heavy atom. The highest BCUT2D eigenvalue weighted by Gasteiger charge is 2.24. The highest BCUT2D eigenvalue weighted by molar-refractivity contribution is 5.67. The minimum Gasteiger partial charge on any atom is -0.481 e. The number of carboxylic acids is 1. The van der Waals surface area contributed by atoms with Crippen molar-refractivity contribution in [1.82, 2.24) is 15.0 Å². The number of carboxylic acid groups (broad SMARTS) is 1.